The third-order valence-electron chi connectivity index (χ3n) is 5.64. The smallest absolute Gasteiger partial charge is 0.186 e. The van der Waals surface area contributed by atoms with E-state index >= 15 is 0 Å². The van der Waals surface area contributed by atoms with E-state index in [0.29, 0.717) is 25.1 Å². The summed E-state index contributed by atoms with van der Waals surface area (Å²) >= 11 is 0. The molecule has 7 nitrogen and oxygen atoms in total. The topological polar surface area (TPSA) is 75.0 Å². The van der Waals surface area contributed by atoms with Crippen molar-refractivity contribution in [2.45, 2.75) is 19.9 Å². The van der Waals surface area contributed by atoms with Gasteiger partial charge in [-0.1, -0.05) is 12.1 Å². The van der Waals surface area contributed by atoms with Crippen LogP contribution in [0.3, 0.4) is 0 Å². The number of imidazole rings is 1. The fraction of sp³-hybridized carbons (Fsp3) is 0.167. The van der Waals surface area contributed by atoms with Crippen molar-refractivity contribution in [1.82, 2.24) is 34.4 Å². The van der Waals surface area contributed by atoms with Gasteiger partial charge in [-0.2, -0.15) is 5.10 Å². The maximum Gasteiger partial charge on any atom is 0.186 e. The van der Waals surface area contributed by atoms with Crippen molar-refractivity contribution in [2.75, 3.05) is 6.54 Å². The van der Waals surface area contributed by atoms with Crippen LogP contribution in [0.2, 0.25) is 0 Å². The molecule has 5 aromatic rings. The highest BCUT2D eigenvalue weighted by Crippen LogP contribution is 2.29. The van der Waals surface area contributed by atoms with Crippen molar-refractivity contribution in [3.8, 4) is 22.6 Å². The average Bonchev–Trinajstić information content (AvgIpc) is 3.45. The lowest BCUT2D eigenvalue weighted by atomic mass is 10.1. The number of benzene rings is 1. The Kier molecular flexibility index (Phi) is 5.89. The normalized spacial score (nSPS) is 11.5. The number of rotatable bonds is 7. The fourth-order valence-electron chi connectivity index (χ4n) is 3.90. The van der Waals surface area contributed by atoms with Gasteiger partial charge in [0.2, 0.25) is 0 Å². The maximum atomic E-state index is 14.0. The van der Waals surface area contributed by atoms with Crippen molar-refractivity contribution in [3.63, 3.8) is 0 Å². The van der Waals surface area contributed by atoms with Crippen LogP contribution in [0.4, 0.5) is 8.78 Å². The molecule has 0 aliphatic heterocycles. The maximum absolute atomic E-state index is 14.0. The number of nitrogens with one attached hydrogen (secondary N) is 1. The Hall–Kier alpha value is -3.92. The van der Waals surface area contributed by atoms with Crippen LogP contribution in [0.5, 0.6) is 0 Å². The second-order valence-electron chi connectivity index (χ2n) is 8.28. The molecule has 0 aliphatic rings. The van der Waals surface area contributed by atoms with E-state index in [4.69, 9.17) is 4.98 Å². The van der Waals surface area contributed by atoms with Gasteiger partial charge in [0.05, 0.1) is 11.4 Å². The van der Waals surface area contributed by atoms with Crippen LogP contribution >= 0.6 is 0 Å². The summed E-state index contributed by atoms with van der Waals surface area (Å²) < 4.78 is 28.9. The second kappa shape index (κ2) is 9.15. The van der Waals surface area contributed by atoms with Gasteiger partial charge in [-0.25, -0.2) is 23.3 Å². The van der Waals surface area contributed by atoms with E-state index in [1.54, 1.807) is 4.52 Å². The van der Waals surface area contributed by atoms with Crippen LogP contribution < -0.4 is 0 Å². The number of aromatic nitrogens is 6. The molecule has 5 rings (SSSR count). The van der Waals surface area contributed by atoms with Gasteiger partial charge in [0.25, 0.3) is 0 Å². The lowest BCUT2D eigenvalue weighted by molar-refractivity contribution is 0.437. The molecule has 0 saturated carbocycles. The Morgan fingerprint density at radius 2 is 1.97 bits per heavy atom. The first-order valence-electron chi connectivity index (χ1n) is 10.9. The summed E-state index contributed by atoms with van der Waals surface area (Å²) in [6, 6.07) is 13.4. The molecule has 0 radical (unpaired) electrons. The molecule has 0 fully saturated rings. The van der Waals surface area contributed by atoms with E-state index < -0.39 is 11.6 Å². The van der Waals surface area contributed by atoms with Crippen molar-refractivity contribution in [3.05, 3.63) is 89.8 Å². The van der Waals surface area contributed by atoms with Crippen LogP contribution in [-0.2, 0) is 13.0 Å². The monoisotopic (exact) mass is 457 g/mol. The zero-order chi connectivity index (χ0) is 23.7. The van der Waals surface area contributed by atoms with Gasteiger partial charge in [0.1, 0.15) is 29.5 Å². The molecule has 0 spiro atoms. The van der Waals surface area contributed by atoms with Gasteiger partial charge in [-0.15, -0.1) is 0 Å². The Morgan fingerprint density at radius 1 is 1.09 bits per heavy atom. The number of hydrogen-bond acceptors (Lipinski definition) is 5. The summed E-state index contributed by atoms with van der Waals surface area (Å²) in [6.07, 6.45) is 3.88. The molecule has 170 valence electrons. The summed E-state index contributed by atoms with van der Waals surface area (Å²) in [5.41, 5.74) is 5.40. The molecule has 0 amide bonds. The van der Waals surface area contributed by atoms with Gasteiger partial charge >= 0.3 is 0 Å². The second-order valence-corrected chi connectivity index (χ2v) is 8.28. The van der Waals surface area contributed by atoms with Crippen molar-refractivity contribution in [2.24, 2.45) is 0 Å². The fourth-order valence-corrected chi connectivity index (χ4v) is 3.90. The molecule has 10 heteroatoms. The van der Waals surface area contributed by atoms with Crippen molar-refractivity contribution >= 4 is 13.6 Å². The van der Waals surface area contributed by atoms with Crippen LogP contribution in [-0.4, -0.2) is 48.9 Å². The van der Waals surface area contributed by atoms with E-state index in [9.17, 15) is 8.78 Å². The van der Waals surface area contributed by atoms with E-state index in [0.717, 1.165) is 45.9 Å². The predicted octanol–water partition coefficient (Wildman–Crippen LogP) is 3.36. The molecule has 4 aromatic heterocycles. The minimum Gasteiger partial charge on any atom is -0.342 e. The number of nitrogens with zero attached hydrogens (tertiary/aromatic N) is 6. The molecule has 0 bridgehead atoms. The number of hydrogen-bond donors (Lipinski definition) is 1. The lowest BCUT2D eigenvalue weighted by Gasteiger charge is -2.15. The summed E-state index contributed by atoms with van der Waals surface area (Å²) in [5, 5.41) is 4.24. The Balaban J connectivity index is 1.42. The summed E-state index contributed by atoms with van der Waals surface area (Å²) in [4.78, 5) is 19.2. The van der Waals surface area contributed by atoms with Crippen molar-refractivity contribution < 1.29 is 8.78 Å². The summed E-state index contributed by atoms with van der Waals surface area (Å²) in [6.45, 7) is 3.05. The number of aryl methyl sites for hydroxylation is 1. The van der Waals surface area contributed by atoms with Crippen LogP contribution in [0.15, 0.2) is 61.1 Å². The third kappa shape index (κ3) is 4.58. The van der Waals surface area contributed by atoms with Gasteiger partial charge < -0.3 is 9.79 Å². The molecule has 0 unspecified atom stereocenters. The molecule has 0 aliphatic carbocycles. The first-order valence-corrected chi connectivity index (χ1v) is 10.9. The van der Waals surface area contributed by atoms with Crippen LogP contribution in [0.1, 0.15) is 17.1 Å². The molecule has 0 atom stereocenters. The van der Waals surface area contributed by atoms with Gasteiger partial charge in [-0.3, -0.25) is 4.98 Å². The summed E-state index contributed by atoms with van der Waals surface area (Å²) in [5.74, 6) is -0.335. The Morgan fingerprint density at radius 3 is 2.79 bits per heavy atom. The largest absolute Gasteiger partial charge is 0.342 e. The Bertz CT molecular complexity index is 1460. The van der Waals surface area contributed by atoms with E-state index in [1.165, 1.54) is 18.5 Å². The molecule has 1 N–H and O–H groups in total. The van der Waals surface area contributed by atoms with E-state index in [1.807, 2.05) is 56.2 Å². The number of H-pyrrole nitrogens is 1. The third-order valence-corrected chi connectivity index (χ3v) is 5.64. The SMILES string of the molecule is BN(CCc1ccc(F)cc1F)Cc1nc(-c2cccc(C)n2)c(-c2ccc3ncnn3c2)[nH]1. The van der Waals surface area contributed by atoms with Gasteiger partial charge in [0, 0.05) is 30.1 Å². The molecule has 34 heavy (non-hydrogen) atoms. The van der Waals surface area contributed by atoms with Crippen LogP contribution in [0.25, 0.3) is 28.3 Å². The number of aromatic amines is 1. The number of fused-ring (bicyclic) bond motifs is 1. The van der Waals surface area contributed by atoms with Crippen LogP contribution in [0, 0.1) is 18.6 Å². The van der Waals surface area contributed by atoms with E-state index in [2.05, 4.69) is 20.1 Å². The Labute approximate surface area is 196 Å². The highest BCUT2D eigenvalue weighted by Gasteiger charge is 2.17. The lowest BCUT2D eigenvalue weighted by Crippen LogP contribution is -2.23. The molecule has 1 aromatic carbocycles. The first kappa shape index (κ1) is 21.9. The quantitative estimate of drug-likeness (QED) is 0.380. The minimum atomic E-state index is -0.570. The van der Waals surface area contributed by atoms with Gasteiger partial charge in [-0.05, 0) is 55.8 Å². The molecule has 4 heterocycles. The predicted molar refractivity (Wildman–Crippen MR) is 128 cm³/mol. The minimum absolute atomic E-state index is 0.464. The summed E-state index contributed by atoms with van der Waals surface area (Å²) in [7, 11) is 1.94. The highest BCUT2D eigenvalue weighted by atomic mass is 19.1. The zero-order valence-electron chi connectivity index (χ0n) is 18.8. The van der Waals surface area contributed by atoms with E-state index in [-0.39, 0.29) is 0 Å². The van der Waals surface area contributed by atoms with Crippen molar-refractivity contribution in [1.29, 1.82) is 0 Å². The molecular formula is C24H22BF2N7. The standard InChI is InChI=1S/C24H22BF2N7/c1-15-3-2-4-20(30-15)24-23(17-6-8-22-28-14-29-34(22)12-17)31-21(32-24)13-33(25)10-9-16-5-7-18(26)11-19(16)27/h2-8,11-12,14H,9-10,13,25H2,1H3,(H,31,32). The first-order chi connectivity index (χ1) is 16.5. The number of pyridine rings is 2. The molecule has 0 saturated heterocycles. The molecular weight excluding hydrogens is 435 g/mol. The zero-order valence-corrected chi connectivity index (χ0v) is 18.8. The average molecular weight is 457 g/mol. The highest BCUT2D eigenvalue weighted by molar-refractivity contribution is 6.04. The number of halogens is 2. The van der Waals surface area contributed by atoms with Gasteiger partial charge in [0.15, 0.2) is 13.6 Å².